The van der Waals surface area contributed by atoms with E-state index in [1.807, 2.05) is 4.90 Å². The number of sulfone groups is 1. The van der Waals surface area contributed by atoms with E-state index in [0.717, 1.165) is 19.5 Å². The second-order valence-corrected chi connectivity index (χ2v) is 8.85. The lowest BCUT2D eigenvalue weighted by atomic mass is 10.1. The fourth-order valence-electron chi connectivity index (χ4n) is 3.67. The molecule has 1 N–H and O–H groups in total. The highest BCUT2D eigenvalue weighted by Gasteiger charge is 2.37. The van der Waals surface area contributed by atoms with E-state index in [2.05, 4.69) is 0 Å². The summed E-state index contributed by atoms with van der Waals surface area (Å²) in [6.45, 7) is 2.78. The van der Waals surface area contributed by atoms with Gasteiger partial charge in [0.1, 0.15) is 23.3 Å². The average Bonchev–Trinajstić information content (AvgIpc) is 3.00. The summed E-state index contributed by atoms with van der Waals surface area (Å²) in [6.07, 6.45) is 0.731. The van der Waals surface area contributed by atoms with E-state index in [-0.39, 0.29) is 17.7 Å². The topological polar surface area (TPSA) is 77.3 Å². The zero-order chi connectivity index (χ0) is 18.0. The lowest BCUT2D eigenvalue weighted by Crippen LogP contribution is -3.18. The van der Waals surface area contributed by atoms with Gasteiger partial charge in [0.25, 0.3) is 5.91 Å². The van der Waals surface area contributed by atoms with Gasteiger partial charge < -0.3 is 19.3 Å². The van der Waals surface area contributed by atoms with Gasteiger partial charge in [-0.05, 0) is 18.2 Å². The van der Waals surface area contributed by atoms with Crippen molar-refractivity contribution in [3.8, 4) is 11.5 Å². The molecule has 0 saturated carbocycles. The number of amides is 1. The van der Waals surface area contributed by atoms with E-state index in [0.29, 0.717) is 35.9 Å². The molecule has 0 aromatic heterocycles. The fourth-order valence-corrected chi connectivity index (χ4v) is 5.50. The first-order valence-corrected chi connectivity index (χ1v) is 10.3. The molecule has 1 atom stereocenters. The minimum Gasteiger partial charge on any atom is -0.497 e. The van der Waals surface area contributed by atoms with Crippen molar-refractivity contribution in [2.75, 3.05) is 51.9 Å². The van der Waals surface area contributed by atoms with Crippen molar-refractivity contribution in [3.05, 3.63) is 23.8 Å². The van der Waals surface area contributed by atoms with Gasteiger partial charge in [0.15, 0.2) is 9.84 Å². The van der Waals surface area contributed by atoms with E-state index in [9.17, 15) is 13.2 Å². The van der Waals surface area contributed by atoms with E-state index < -0.39 is 9.84 Å². The van der Waals surface area contributed by atoms with Crippen molar-refractivity contribution in [3.63, 3.8) is 0 Å². The molecule has 25 heavy (non-hydrogen) atoms. The van der Waals surface area contributed by atoms with Crippen LogP contribution in [0.25, 0.3) is 0 Å². The molecule has 1 aromatic carbocycles. The molecule has 0 unspecified atom stereocenters. The number of benzene rings is 1. The second kappa shape index (κ2) is 7.21. The van der Waals surface area contributed by atoms with Crippen LogP contribution in [-0.2, 0) is 9.84 Å². The largest absolute Gasteiger partial charge is 0.497 e. The lowest BCUT2D eigenvalue weighted by molar-refractivity contribution is -0.925. The molecular weight excluding hydrogens is 344 g/mol. The number of ether oxygens (including phenoxy) is 2. The van der Waals surface area contributed by atoms with Crippen molar-refractivity contribution in [2.45, 2.75) is 12.5 Å². The third-order valence-electron chi connectivity index (χ3n) is 5.14. The number of carbonyl (C=O) groups excluding carboxylic acids is 1. The first-order chi connectivity index (χ1) is 11.9. The van der Waals surface area contributed by atoms with Gasteiger partial charge in [-0.25, -0.2) is 8.42 Å². The van der Waals surface area contributed by atoms with Gasteiger partial charge in [0, 0.05) is 6.42 Å². The predicted molar refractivity (Wildman–Crippen MR) is 93.2 cm³/mol. The van der Waals surface area contributed by atoms with Gasteiger partial charge in [-0.2, -0.15) is 0 Å². The fraction of sp³-hybridized carbons (Fsp3) is 0.588. The van der Waals surface area contributed by atoms with Crippen LogP contribution in [0.4, 0.5) is 0 Å². The monoisotopic (exact) mass is 369 g/mol. The zero-order valence-corrected chi connectivity index (χ0v) is 15.5. The molecule has 0 bridgehead atoms. The molecular formula is C17H25N2O5S+. The van der Waals surface area contributed by atoms with Crippen LogP contribution in [0.1, 0.15) is 16.8 Å². The first kappa shape index (κ1) is 18.0. The van der Waals surface area contributed by atoms with Crippen LogP contribution < -0.4 is 14.4 Å². The molecule has 7 nitrogen and oxygen atoms in total. The zero-order valence-electron chi connectivity index (χ0n) is 14.7. The maximum absolute atomic E-state index is 12.9. The number of nitrogens with zero attached hydrogens (tertiary/aromatic N) is 1. The molecule has 0 aliphatic carbocycles. The summed E-state index contributed by atoms with van der Waals surface area (Å²) in [5.74, 6) is 1.64. The van der Waals surface area contributed by atoms with Crippen molar-refractivity contribution in [1.29, 1.82) is 0 Å². The Balaban J connectivity index is 1.66. The second-order valence-electron chi connectivity index (χ2n) is 6.62. The molecule has 2 heterocycles. The number of piperazine rings is 1. The Bertz CT molecular complexity index is 741. The molecule has 2 aliphatic heterocycles. The maximum atomic E-state index is 12.9. The number of nitrogens with one attached hydrogen (secondary N) is 1. The Kier molecular flexibility index (Phi) is 5.19. The summed E-state index contributed by atoms with van der Waals surface area (Å²) in [7, 11) is 0.240. The Hall–Kier alpha value is -1.80. The SMILES string of the molecule is COc1ccc(OC)c(C(=O)N2CC[NH+]([C@@H]3CCS(=O)(=O)C3)CC2)c1. The van der Waals surface area contributed by atoms with Crippen LogP contribution in [0.3, 0.4) is 0 Å². The lowest BCUT2D eigenvalue weighted by Gasteiger charge is -2.35. The highest BCUT2D eigenvalue weighted by atomic mass is 32.2. The minimum atomic E-state index is -2.87. The summed E-state index contributed by atoms with van der Waals surface area (Å²) in [4.78, 5) is 16.0. The average molecular weight is 369 g/mol. The van der Waals surface area contributed by atoms with Crippen molar-refractivity contribution < 1.29 is 27.6 Å². The third kappa shape index (κ3) is 3.90. The summed E-state index contributed by atoms with van der Waals surface area (Å²) < 4.78 is 33.9. The predicted octanol–water partition coefficient (Wildman–Crippen LogP) is -0.768. The highest BCUT2D eigenvalue weighted by Crippen LogP contribution is 2.25. The normalized spacial score (nSPS) is 23.4. The van der Waals surface area contributed by atoms with Crippen LogP contribution >= 0.6 is 0 Å². The Morgan fingerprint density at radius 2 is 1.92 bits per heavy atom. The van der Waals surface area contributed by atoms with Crippen molar-refractivity contribution in [1.82, 2.24) is 4.90 Å². The maximum Gasteiger partial charge on any atom is 0.258 e. The van der Waals surface area contributed by atoms with E-state index in [1.54, 1.807) is 32.4 Å². The number of hydrogen-bond donors (Lipinski definition) is 1. The summed E-state index contributed by atoms with van der Waals surface area (Å²) >= 11 is 0. The number of hydrogen-bond acceptors (Lipinski definition) is 5. The molecule has 138 valence electrons. The third-order valence-corrected chi connectivity index (χ3v) is 6.91. The van der Waals surface area contributed by atoms with Gasteiger partial charge in [0.05, 0.1) is 51.7 Å². The van der Waals surface area contributed by atoms with Crippen LogP contribution in [0, 0.1) is 0 Å². The van der Waals surface area contributed by atoms with Crippen LogP contribution in [0.15, 0.2) is 18.2 Å². The number of methoxy groups -OCH3 is 2. The first-order valence-electron chi connectivity index (χ1n) is 8.50. The molecule has 2 aliphatic rings. The van der Waals surface area contributed by atoms with Crippen LogP contribution in [0.5, 0.6) is 11.5 Å². The Labute approximate surface area is 148 Å². The van der Waals surface area contributed by atoms with Gasteiger partial charge >= 0.3 is 0 Å². The molecule has 3 rings (SSSR count). The number of quaternary nitrogens is 1. The molecule has 2 fully saturated rings. The summed E-state index contributed by atoms with van der Waals surface area (Å²) in [5.41, 5.74) is 0.494. The van der Waals surface area contributed by atoms with Crippen molar-refractivity contribution >= 4 is 15.7 Å². The summed E-state index contributed by atoms with van der Waals surface area (Å²) in [6, 6.07) is 5.37. The molecule has 2 saturated heterocycles. The quantitative estimate of drug-likeness (QED) is 0.754. The Morgan fingerprint density at radius 1 is 1.20 bits per heavy atom. The molecule has 0 spiro atoms. The van der Waals surface area contributed by atoms with Gasteiger partial charge in [-0.1, -0.05) is 0 Å². The molecule has 1 aromatic rings. The van der Waals surface area contributed by atoms with Crippen LogP contribution in [-0.4, -0.2) is 77.2 Å². The smallest absolute Gasteiger partial charge is 0.258 e. The van der Waals surface area contributed by atoms with Gasteiger partial charge in [-0.15, -0.1) is 0 Å². The van der Waals surface area contributed by atoms with Gasteiger partial charge in [-0.3, -0.25) is 4.79 Å². The highest BCUT2D eigenvalue weighted by molar-refractivity contribution is 7.91. The van der Waals surface area contributed by atoms with E-state index in [4.69, 9.17) is 9.47 Å². The van der Waals surface area contributed by atoms with E-state index in [1.165, 1.54) is 4.90 Å². The standard InChI is InChI=1S/C17H24N2O5S/c1-23-14-3-4-16(24-2)15(11-14)17(20)19-8-6-18(7-9-19)13-5-10-25(21,22)12-13/h3-4,11,13H,5-10,12H2,1-2H3/p+1/t13-/m1/s1. The summed E-state index contributed by atoms with van der Waals surface area (Å²) in [5, 5.41) is 0. The Morgan fingerprint density at radius 3 is 2.48 bits per heavy atom. The minimum absolute atomic E-state index is 0.0751. The molecule has 0 radical (unpaired) electrons. The number of carbonyl (C=O) groups is 1. The molecule has 1 amide bonds. The van der Waals surface area contributed by atoms with Crippen molar-refractivity contribution in [2.24, 2.45) is 0 Å². The van der Waals surface area contributed by atoms with Gasteiger partial charge in [0.2, 0.25) is 0 Å². The molecule has 8 heteroatoms. The van der Waals surface area contributed by atoms with Crippen LogP contribution in [0.2, 0.25) is 0 Å². The van der Waals surface area contributed by atoms with E-state index >= 15 is 0 Å². The number of rotatable bonds is 4.